The minimum Gasteiger partial charge on any atom is -0.456 e. The molecule has 166 valence electrons. The van der Waals surface area contributed by atoms with Crippen LogP contribution >= 0.6 is 0 Å². The van der Waals surface area contributed by atoms with Crippen LogP contribution in [0.1, 0.15) is 0 Å². The summed E-state index contributed by atoms with van der Waals surface area (Å²) in [5.41, 5.74) is 2.80. The maximum atomic E-state index is 12.1. The molecule has 0 saturated carbocycles. The third-order valence-corrected chi connectivity index (χ3v) is 5.89. The summed E-state index contributed by atoms with van der Waals surface area (Å²) < 4.78 is 40.2. The van der Waals surface area contributed by atoms with Gasteiger partial charge in [-0.2, -0.15) is 8.42 Å². The normalized spacial score (nSPS) is 12.5. The van der Waals surface area contributed by atoms with Crippen LogP contribution in [0.25, 0.3) is 33.4 Å². The van der Waals surface area contributed by atoms with Crippen LogP contribution in [0.3, 0.4) is 0 Å². The second-order valence-electron chi connectivity index (χ2n) is 7.10. The second kappa shape index (κ2) is 9.09. The highest BCUT2D eigenvalue weighted by molar-refractivity contribution is 7.86. The highest BCUT2D eigenvalue weighted by Gasteiger charge is 2.23. The van der Waals surface area contributed by atoms with Crippen LogP contribution in [0, 0.1) is 0 Å². The Bertz CT molecular complexity index is 1410. The van der Waals surface area contributed by atoms with E-state index in [9.17, 15) is 13.0 Å². The molecule has 1 aliphatic heterocycles. The van der Waals surface area contributed by atoms with Gasteiger partial charge in [-0.25, -0.2) is 0 Å². The fourth-order valence-corrected chi connectivity index (χ4v) is 4.35. The molecule has 0 aromatic heterocycles. The summed E-state index contributed by atoms with van der Waals surface area (Å²) >= 11 is 0. The number of aliphatic hydroxyl groups is 2. The highest BCUT2D eigenvalue weighted by Crippen LogP contribution is 2.42. The lowest BCUT2D eigenvalue weighted by molar-refractivity contribution is 0.305. The molecule has 0 radical (unpaired) electrons. The number of rotatable bonds is 7. The van der Waals surface area contributed by atoms with Crippen molar-refractivity contribution in [2.45, 2.75) is 4.90 Å². The van der Waals surface area contributed by atoms with Crippen LogP contribution in [0.4, 0.5) is 5.69 Å². The third-order valence-electron chi connectivity index (χ3n) is 4.98. The first-order valence-electron chi connectivity index (χ1n) is 9.96. The minimum absolute atomic E-state index is 0.0321. The zero-order chi connectivity index (χ0) is 22.7. The molecule has 2 aromatic carbocycles. The van der Waals surface area contributed by atoms with Gasteiger partial charge < -0.3 is 19.9 Å². The van der Waals surface area contributed by atoms with Crippen molar-refractivity contribution in [2.24, 2.45) is 4.99 Å². The molecular formula is C23H22N2O6S. The zero-order valence-electron chi connectivity index (χ0n) is 17.0. The van der Waals surface area contributed by atoms with E-state index < -0.39 is 10.1 Å². The molecule has 0 unspecified atom stereocenters. The smallest absolute Gasteiger partial charge is 0.295 e. The van der Waals surface area contributed by atoms with E-state index in [1.165, 1.54) is 6.07 Å². The Kier molecular flexibility index (Phi) is 6.24. The van der Waals surface area contributed by atoms with Crippen molar-refractivity contribution in [3.8, 4) is 22.5 Å². The van der Waals surface area contributed by atoms with Gasteiger partial charge in [-0.15, -0.1) is 0 Å². The Hall–Kier alpha value is -3.24. The summed E-state index contributed by atoms with van der Waals surface area (Å²) in [6.45, 7) is 0.490. The van der Waals surface area contributed by atoms with E-state index in [4.69, 9.17) is 14.6 Å². The fourth-order valence-electron chi connectivity index (χ4n) is 3.65. The quantitative estimate of drug-likeness (QED) is 0.249. The van der Waals surface area contributed by atoms with E-state index in [1.54, 1.807) is 48.5 Å². The lowest BCUT2D eigenvalue weighted by Crippen LogP contribution is -2.07. The summed E-state index contributed by atoms with van der Waals surface area (Å²) in [5, 5.41) is 22.5. The van der Waals surface area contributed by atoms with E-state index in [-0.39, 0.29) is 24.7 Å². The maximum absolute atomic E-state index is 12.1. The average Bonchev–Trinajstić information content (AvgIpc) is 2.79. The van der Waals surface area contributed by atoms with Crippen LogP contribution in [0.2, 0.25) is 0 Å². The zero-order valence-corrected chi connectivity index (χ0v) is 17.8. The van der Waals surface area contributed by atoms with Crippen LogP contribution in [0.5, 0.6) is 0 Å². The van der Waals surface area contributed by atoms with E-state index in [0.717, 1.165) is 5.69 Å². The number of hydrogen-bond acceptors (Lipinski definition) is 7. The van der Waals surface area contributed by atoms with Crippen LogP contribution < -0.4 is 10.7 Å². The molecule has 1 aliphatic carbocycles. The number of nitrogens with zero attached hydrogens (tertiary/aromatic N) is 1. The molecule has 0 bridgehead atoms. The first-order chi connectivity index (χ1) is 15.4. The molecule has 32 heavy (non-hydrogen) atoms. The van der Waals surface area contributed by atoms with Gasteiger partial charge in [0.2, 0.25) is 0 Å². The first kappa shape index (κ1) is 22.0. The Morgan fingerprint density at radius 1 is 0.938 bits per heavy atom. The van der Waals surface area contributed by atoms with Crippen molar-refractivity contribution in [2.75, 3.05) is 31.6 Å². The Labute approximate surface area is 184 Å². The van der Waals surface area contributed by atoms with Crippen molar-refractivity contribution >= 4 is 26.8 Å². The summed E-state index contributed by atoms with van der Waals surface area (Å²) in [5.74, 6) is 0.469. The molecule has 0 amide bonds. The second-order valence-corrected chi connectivity index (χ2v) is 8.49. The monoisotopic (exact) mass is 454 g/mol. The fraction of sp³-hybridized carbons (Fsp3) is 0.174. The third kappa shape index (κ3) is 4.37. The molecule has 2 aliphatic rings. The van der Waals surface area contributed by atoms with Crippen LogP contribution in [-0.2, 0) is 10.1 Å². The van der Waals surface area contributed by atoms with E-state index in [1.807, 2.05) is 6.07 Å². The predicted octanol–water partition coefficient (Wildman–Crippen LogP) is 2.75. The molecule has 0 atom stereocenters. The largest absolute Gasteiger partial charge is 0.456 e. The van der Waals surface area contributed by atoms with Crippen molar-refractivity contribution in [1.82, 2.24) is 0 Å². The molecule has 4 rings (SSSR count). The van der Waals surface area contributed by atoms with Crippen LogP contribution in [0.15, 0.2) is 75.0 Å². The van der Waals surface area contributed by atoms with Gasteiger partial charge in [0.25, 0.3) is 10.1 Å². The lowest BCUT2D eigenvalue weighted by Gasteiger charge is -2.17. The predicted molar refractivity (Wildman–Crippen MR) is 121 cm³/mol. The summed E-state index contributed by atoms with van der Waals surface area (Å²) in [4.78, 5) is 4.08. The van der Waals surface area contributed by atoms with E-state index in [2.05, 4.69) is 10.3 Å². The average molecular weight is 455 g/mol. The van der Waals surface area contributed by atoms with Crippen molar-refractivity contribution < 1.29 is 27.6 Å². The molecule has 9 heteroatoms. The molecule has 0 spiro atoms. The Morgan fingerprint density at radius 3 is 2.50 bits per heavy atom. The number of benzene rings is 3. The Balaban J connectivity index is 2.08. The van der Waals surface area contributed by atoms with Gasteiger partial charge in [-0.1, -0.05) is 18.2 Å². The van der Waals surface area contributed by atoms with E-state index >= 15 is 0 Å². The van der Waals surface area contributed by atoms with Gasteiger partial charge in [0.05, 0.1) is 25.1 Å². The lowest BCUT2D eigenvalue weighted by atomic mass is 9.93. The van der Waals surface area contributed by atoms with Gasteiger partial charge in [0.1, 0.15) is 16.2 Å². The number of aliphatic hydroxyl groups excluding tert-OH is 2. The van der Waals surface area contributed by atoms with Gasteiger partial charge in [0, 0.05) is 46.4 Å². The number of nitrogens with one attached hydrogen (secondary N) is 1. The molecule has 0 fully saturated rings. The van der Waals surface area contributed by atoms with Crippen LogP contribution in [-0.4, -0.2) is 49.5 Å². The first-order valence-corrected chi connectivity index (χ1v) is 11.4. The molecule has 4 N–H and O–H groups in total. The summed E-state index contributed by atoms with van der Waals surface area (Å²) in [7, 11) is -4.48. The molecule has 2 aromatic rings. The Morgan fingerprint density at radius 2 is 1.75 bits per heavy atom. The summed E-state index contributed by atoms with van der Waals surface area (Å²) in [6, 6.07) is 16.9. The maximum Gasteiger partial charge on any atom is 0.295 e. The SMILES string of the molecule is O=S(=O)(O)c1ccccc1-c1c2cc/c(=N/CCO)cc-2oc2cc(NCCO)ccc12. The van der Waals surface area contributed by atoms with E-state index in [0.29, 0.717) is 45.3 Å². The van der Waals surface area contributed by atoms with Crippen molar-refractivity contribution in [1.29, 1.82) is 0 Å². The number of hydrogen-bond donors (Lipinski definition) is 4. The van der Waals surface area contributed by atoms with Gasteiger partial charge in [0.15, 0.2) is 0 Å². The van der Waals surface area contributed by atoms with Crippen molar-refractivity contribution in [3.05, 3.63) is 66.0 Å². The number of fused-ring (bicyclic) bond motifs is 2. The molecule has 0 saturated heterocycles. The molecule has 8 nitrogen and oxygen atoms in total. The van der Waals surface area contributed by atoms with Gasteiger partial charge in [-0.05, 0) is 30.3 Å². The standard InChI is InChI=1S/C23H22N2O6S/c26-11-9-24-15-5-7-17-20(13-15)31-21-14-16(25-10-12-27)6-8-18(21)23(17)19-3-1-2-4-22(19)32(28,29)30/h1-8,13-14,24,26-27H,9-12H2,(H,28,29,30)/b25-16-. The van der Waals surface area contributed by atoms with Gasteiger partial charge in [-0.3, -0.25) is 9.55 Å². The summed E-state index contributed by atoms with van der Waals surface area (Å²) in [6.07, 6.45) is 0. The minimum atomic E-state index is -4.48. The topological polar surface area (TPSA) is 132 Å². The van der Waals surface area contributed by atoms with Crippen molar-refractivity contribution in [3.63, 3.8) is 0 Å². The molecular weight excluding hydrogens is 432 g/mol. The molecule has 1 heterocycles. The number of anilines is 1. The highest BCUT2D eigenvalue weighted by atomic mass is 32.2. The van der Waals surface area contributed by atoms with Gasteiger partial charge >= 0.3 is 0 Å².